The maximum atomic E-state index is 11.9. The minimum atomic E-state index is -0.236. The molecule has 4 nitrogen and oxygen atoms in total. The summed E-state index contributed by atoms with van der Waals surface area (Å²) in [6, 6.07) is 0.0925. The van der Waals surface area contributed by atoms with Crippen molar-refractivity contribution in [2.24, 2.45) is 5.41 Å². The van der Waals surface area contributed by atoms with E-state index in [0.717, 1.165) is 19.5 Å². The van der Waals surface area contributed by atoms with E-state index in [-0.39, 0.29) is 17.4 Å². The van der Waals surface area contributed by atoms with Crippen LogP contribution < -0.4 is 10.6 Å². The van der Waals surface area contributed by atoms with Gasteiger partial charge in [-0.1, -0.05) is 0 Å². The summed E-state index contributed by atoms with van der Waals surface area (Å²) in [5.74, 6) is 0.139. The second-order valence-electron chi connectivity index (χ2n) is 4.52. The molecule has 2 N–H and O–H groups in total. The first-order chi connectivity index (χ1) is 7.08. The average molecular weight is 214 g/mol. The van der Waals surface area contributed by atoms with E-state index in [4.69, 9.17) is 4.74 Å². The summed E-state index contributed by atoms with van der Waals surface area (Å²) in [6.45, 7) is 8.93. The Balaban J connectivity index is 2.34. The number of hydrogen-bond acceptors (Lipinski definition) is 3. The zero-order chi connectivity index (χ0) is 11.3. The van der Waals surface area contributed by atoms with Gasteiger partial charge in [-0.25, -0.2) is 0 Å². The summed E-state index contributed by atoms with van der Waals surface area (Å²) in [7, 11) is 0. The van der Waals surface area contributed by atoms with E-state index in [1.807, 2.05) is 20.8 Å². The van der Waals surface area contributed by atoms with Crippen LogP contribution in [0.4, 0.5) is 0 Å². The molecular weight excluding hydrogens is 192 g/mol. The van der Waals surface area contributed by atoms with Crippen molar-refractivity contribution in [2.45, 2.75) is 33.2 Å². The van der Waals surface area contributed by atoms with Gasteiger partial charge in [-0.3, -0.25) is 4.79 Å². The van der Waals surface area contributed by atoms with Crippen molar-refractivity contribution in [1.29, 1.82) is 0 Å². The van der Waals surface area contributed by atoms with E-state index in [0.29, 0.717) is 13.2 Å². The molecule has 1 aliphatic heterocycles. The van der Waals surface area contributed by atoms with Crippen molar-refractivity contribution >= 4 is 5.91 Å². The third-order valence-corrected chi connectivity index (χ3v) is 2.87. The van der Waals surface area contributed by atoms with E-state index in [1.165, 1.54) is 0 Å². The van der Waals surface area contributed by atoms with Gasteiger partial charge >= 0.3 is 0 Å². The van der Waals surface area contributed by atoms with Gasteiger partial charge in [0.15, 0.2) is 0 Å². The lowest BCUT2D eigenvalue weighted by atomic mass is 9.88. The molecule has 4 heteroatoms. The quantitative estimate of drug-likeness (QED) is 0.702. The molecule has 2 unspecified atom stereocenters. The highest BCUT2D eigenvalue weighted by Crippen LogP contribution is 2.24. The topological polar surface area (TPSA) is 50.4 Å². The molecule has 1 rings (SSSR count). The third-order valence-electron chi connectivity index (χ3n) is 2.87. The highest BCUT2D eigenvalue weighted by Gasteiger charge is 2.36. The molecule has 0 bridgehead atoms. The Labute approximate surface area is 91.8 Å². The number of ether oxygens (including phenoxy) is 1. The van der Waals surface area contributed by atoms with Crippen LogP contribution in [-0.2, 0) is 9.53 Å². The molecular formula is C11H22N2O2. The molecule has 0 aromatic rings. The first-order valence-electron chi connectivity index (χ1n) is 5.68. The van der Waals surface area contributed by atoms with Crippen molar-refractivity contribution in [3.05, 3.63) is 0 Å². The molecule has 0 aliphatic carbocycles. The number of carbonyl (C=O) groups is 1. The molecule has 0 saturated carbocycles. The molecule has 2 atom stereocenters. The SMILES string of the molecule is CCOCC(C)NC(=O)C1(C)CCNC1. The molecule has 1 heterocycles. The standard InChI is InChI=1S/C11H22N2O2/c1-4-15-7-9(2)13-10(14)11(3)5-6-12-8-11/h9,12H,4-8H2,1-3H3,(H,13,14). The number of hydrogen-bond donors (Lipinski definition) is 2. The molecule has 0 aromatic carbocycles. The summed E-state index contributed by atoms with van der Waals surface area (Å²) in [6.07, 6.45) is 0.917. The average Bonchev–Trinajstić information content (AvgIpc) is 2.63. The van der Waals surface area contributed by atoms with Crippen molar-refractivity contribution in [3.63, 3.8) is 0 Å². The van der Waals surface area contributed by atoms with Crippen LogP contribution in [-0.4, -0.2) is 38.3 Å². The van der Waals surface area contributed by atoms with Crippen LogP contribution in [0, 0.1) is 5.41 Å². The van der Waals surface area contributed by atoms with E-state index in [2.05, 4.69) is 10.6 Å². The minimum Gasteiger partial charge on any atom is -0.380 e. The number of amides is 1. The summed E-state index contributed by atoms with van der Waals surface area (Å²) < 4.78 is 5.26. The highest BCUT2D eigenvalue weighted by atomic mass is 16.5. The van der Waals surface area contributed by atoms with Gasteiger partial charge in [-0.15, -0.1) is 0 Å². The highest BCUT2D eigenvalue weighted by molar-refractivity contribution is 5.83. The zero-order valence-electron chi connectivity index (χ0n) is 9.93. The van der Waals surface area contributed by atoms with Gasteiger partial charge in [0.25, 0.3) is 0 Å². The van der Waals surface area contributed by atoms with Crippen molar-refractivity contribution in [2.75, 3.05) is 26.3 Å². The van der Waals surface area contributed by atoms with Crippen LogP contribution >= 0.6 is 0 Å². The van der Waals surface area contributed by atoms with Crippen molar-refractivity contribution in [1.82, 2.24) is 10.6 Å². The van der Waals surface area contributed by atoms with Gasteiger partial charge < -0.3 is 15.4 Å². The van der Waals surface area contributed by atoms with E-state index in [9.17, 15) is 4.79 Å². The first-order valence-corrected chi connectivity index (χ1v) is 5.68. The second kappa shape index (κ2) is 5.47. The lowest BCUT2D eigenvalue weighted by Gasteiger charge is -2.24. The van der Waals surface area contributed by atoms with Crippen LogP contribution in [0.1, 0.15) is 27.2 Å². The Morgan fingerprint density at radius 2 is 2.40 bits per heavy atom. The molecule has 15 heavy (non-hydrogen) atoms. The maximum absolute atomic E-state index is 11.9. The molecule has 1 saturated heterocycles. The second-order valence-corrected chi connectivity index (χ2v) is 4.52. The molecule has 1 fully saturated rings. The predicted molar refractivity (Wildman–Crippen MR) is 59.7 cm³/mol. The van der Waals surface area contributed by atoms with Gasteiger partial charge in [-0.2, -0.15) is 0 Å². The van der Waals surface area contributed by atoms with Crippen LogP contribution in [0.2, 0.25) is 0 Å². The number of carbonyl (C=O) groups excluding carboxylic acids is 1. The van der Waals surface area contributed by atoms with E-state index < -0.39 is 0 Å². The largest absolute Gasteiger partial charge is 0.380 e. The van der Waals surface area contributed by atoms with Crippen LogP contribution in [0.3, 0.4) is 0 Å². The van der Waals surface area contributed by atoms with Gasteiger partial charge in [0, 0.05) is 19.2 Å². The fourth-order valence-corrected chi connectivity index (χ4v) is 1.75. The van der Waals surface area contributed by atoms with E-state index >= 15 is 0 Å². The molecule has 88 valence electrons. The van der Waals surface area contributed by atoms with Gasteiger partial charge in [0.1, 0.15) is 0 Å². The van der Waals surface area contributed by atoms with Crippen molar-refractivity contribution < 1.29 is 9.53 Å². The maximum Gasteiger partial charge on any atom is 0.227 e. The Bertz CT molecular complexity index is 213. The molecule has 0 spiro atoms. The molecule has 1 amide bonds. The minimum absolute atomic E-state index is 0.0925. The summed E-state index contributed by atoms with van der Waals surface area (Å²) in [5.41, 5.74) is -0.236. The lowest BCUT2D eigenvalue weighted by molar-refractivity contribution is -0.130. The van der Waals surface area contributed by atoms with Crippen LogP contribution in [0.5, 0.6) is 0 Å². The van der Waals surface area contributed by atoms with Gasteiger partial charge in [-0.05, 0) is 33.7 Å². The van der Waals surface area contributed by atoms with Crippen molar-refractivity contribution in [3.8, 4) is 0 Å². The molecule has 0 aromatic heterocycles. The first kappa shape index (κ1) is 12.5. The summed E-state index contributed by atoms with van der Waals surface area (Å²) in [5, 5.41) is 6.21. The van der Waals surface area contributed by atoms with Crippen LogP contribution in [0.25, 0.3) is 0 Å². The van der Waals surface area contributed by atoms with E-state index in [1.54, 1.807) is 0 Å². The lowest BCUT2D eigenvalue weighted by Crippen LogP contribution is -2.45. The molecule has 1 aliphatic rings. The summed E-state index contributed by atoms with van der Waals surface area (Å²) in [4.78, 5) is 11.9. The summed E-state index contributed by atoms with van der Waals surface area (Å²) >= 11 is 0. The molecule has 0 radical (unpaired) electrons. The monoisotopic (exact) mass is 214 g/mol. The fourth-order valence-electron chi connectivity index (χ4n) is 1.75. The number of nitrogens with one attached hydrogen (secondary N) is 2. The normalized spacial score (nSPS) is 27.7. The number of rotatable bonds is 5. The van der Waals surface area contributed by atoms with Gasteiger partial charge in [0.05, 0.1) is 12.0 Å². The third kappa shape index (κ3) is 3.47. The Hall–Kier alpha value is -0.610. The zero-order valence-corrected chi connectivity index (χ0v) is 9.93. The smallest absolute Gasteiger partial charge is 0.227 e. The Kier molecular flexibility index (Phi) is 4.54. The Morgan fingerprint density at radius 3 is 2.93 bits per heavy atom. The van der Waals surface area contributed by atoms with Gasteiger partial charge in [0.2, 0.25) is 5.91 Å². The predicted octanol–water partition coefficient (Wildman–Crippen LogP) is 0.527. The Morgan fingerprint density at radius 1 is 1.67 bits per heavy atom. The van der Waals surface area contributed by atoms with Crippen LogP contribution in [0.15, 0.2) is 0 Å². The fraction of sp³-hybridized carbons (Fsp3) is 0.909.